The van der Waals surface area contributed by atoms with Gasteiger partial charge in [-0.2, -0.15) is 0 Å². The predicted molar refractivity (Wildman–Crippen MR) is 41.7 cm³/mol. The molecule has 0 aromatic carbocycles. The molecule has 0 aliphatic heterocycles. The molecule has 1 N–H and O–H groups in total. The standard InChI is InChI=1S/C8H11ClO2/c9-8(7(10)11)5-3-1-2-4-6(5)8/h5-6H,1-4H2,(H,10,11). The van der Waals surface area contributed by atoms with Gasteiger partial charge in [-0.25, -0.2) is 0 Å². The lowest BCUT2D eigenvalue weighted by atomic mass is 10.0. The summed E-state index contributed by atoms with van der Waals surface area (Å²) in [6.45, 7) is 0. The van der Waals surface area contributed by atoms with Crippen molar-refractivity contribution < 1.29 is 9.90 Å². The minimum atomic E-state index is -0.865. The first-order valence-corrected chi connectivity index (χ1v) is 4.47. The molecule has 0 aromatic rings. The van der Waals surface area contributed by atoms with Crippen LogP contribution in [-0.2, 0) is 4.79 Å². The molecule has 0 radical (unpaired) electrons. The number of carboxylic acid groups (broad SMARTS) is 1. The zero-order valence-corrected chi connectivity index (χ0v) is 6.97. The number of fused-ring (bicyclic) bond motifs is 1. The first-order valence-electron chi connectivity index (χ1n) is 4.09. The second-order valence-corrected chi connectivity index (χ2v) is 4.20. The van der Waals surface area contributed by atoms with Gasteiger partial charge in [-0.3, -0.25) is 4.79 Å². The number of hydrogen-bond acceptors (Lipinski definition) is 1. The topological polar surface area (TPSA) is 37.3 Å². The van der Waals surface area contributed by atoms with Gasteiger partial charge in [-0.15, -0.1) is 11.6 Å². The molecule has 2 saturated carbocycles. The molecule has 2 fully saturated rings. The number of aliphatic carboxylic acids is 1. The van der Waals surface area contributed by atoms with E-state index in [1.807, 2.05) is 0 Å². The van der Waals surface area contributed by atoms with Crippen LogP contribution in [0.2, 0.25) is 0 Å². The number of carbonyl (C=O) groups is 1. The molecule has 2 nitrogen and oxygen atoms in total. The van der Waals surface area contributed by atoms with E-state index >= 15 is 0 Å². The van der Waals surface area contributed by atoms with E-state index in [0.717, 1.165) is 25.7 Å². The summed E-state index contributed by atoms with van der Waals surface area (Å²) in [5.74, 6) is -0.262. The van der Waals surface area contributed by atoms with Gasteiger partial charge < -0.3 is 5.11 Å². The summed E-state index contributed by atoms with van der Waals surface area (Å²) < 4.78 is 0. The summed E-state index contributed by atoms with van der Waals surface area (Å²) in [4.78, 5) is 9.85. The van der Waals surface area contributed by atoms with Crippen LogP contribution >= 0.6 is 11.6 Å². The third kappa shape index (κ3) is 0.821. The Morgan fingerprint density at radius 1 is 1.36 bits per heavy atom. The van der Waals surface area contributed by atoms with Crippen LogP contribution in [0.3, 0.4) is 0 Å². The van der Waals surface area contributed by atoms with Crippen LogP contribution in [0.5, 0.6) is 0 Å². The Morgan fingerprint density at radius 2 is 1.82 bits per heavy atom. The zero-order valence-electron chi connectivity index (χ0n) is 6.22. The van der Waals surface area contributed by atoms with Gasteiger partial charge in [0, 0.05) is 0 Å². The van der Waals surface area contributed by atoms with Gasteiger partial charge in [0.25, 0.3) is 0 Å². The van der Waals surface area contributed by atoms with E-state index in [1.165, 1.54) is 0 Å². The Morgan fingerprint density at radius 3 is 2.18 bits per heavy atom. The first-order chi connectivity index (χ1) is 5.17. The van der Waals surface area contributed by atoms with Crippen LogP contribution in [0, 0.1) is 11.8 Å². The fraction of sp³-hybridized carbons (Fsp3) is 0.875. The Hall–Kier alpha value is -0.240. The van der Waals surface area contributed by atoms with Gasteiger partial charge in [0.2, 0.25) is 0 Å². The van der Waals surface area contributed by atoms with Crippen LogP contribution in [0.15, 0.2) is 0 Å². The molecule has 3 heteroatoms. The molecule has 11 heavy (non-hydrogen) atoms. The third-order valence-corrected chi connectivity index (χ3v) is 3.79. The highest BCUT2D eigenvalue weighted by molar-refractivity contribution is 6.36. The average Bonchev–Trinajstić information content (AvgIpc) is 2.61. The highest BCUT2D eigenvalue weighted by atomic mass is 35.5. The van der Waals surface area contributed by atoms with Gasteiger partial charge in [-0.05, 0) is 24.7 Å². The summed E-state index contributed by atoms with van der Waals surface area (Å²) in [5, 5.41) is 8.81. The number of alkyl halides is 1. The van der Waals surface area contributed by atoms with Crippen LogP contribution < -0.4 is 0 Å². The van der Waals surface area contributed by atoms with Crippen molar-refractivity contribution in [3.05, 3.63) is 0 Å². The van der Waals surface area contributed by atoms with Crippen molar-refractivity contribution in [3.63, 3.8) is 0 Å². The largest absolute Gasteiger partial charge is 0.480 e. The molecule has 0 saturated heterocycles. The molecular weight excluding hydrogens is 164 g/mol. The lowest BCUT2D eigenvalue weighted by Gasteiger charge is -2.03. The Labute approximate surface area is 70.5 Å². The summed E-state index contributed by atoms with van der Waals surface area (Å²) >= 11 is 5.95. The SMILES string of the molecule is O=C(O)C1(Cl)C2CCCCC21. The molecule has 0 amide bonds. The predicted octanol–water partition coefficient (Wildman–Crippen LogP) is 1.87. The average molecular weight is 175 g/mol. The molecule has 2 unspecified atom stereocenters. The number of rotatable bonds is 1. The van der Waals surface area contributed by atoms with Crippen LogP contribution in [0.4, 0.5) is 0 Å². The summed E-state index contributed by atoms with van der Waals surface area (Å²) in [5.41, 5.74) is 0. The molecule has 2 rings (SSSR count). The molecule has 0 bridgehead atoms. The van der Waals surface area contributed by atoms with E-state index in [1.54, 1.807) is 0 Å². The summed E-state index contributed by atoms with van der Waals surface area (Å²) in [7, 11) is 0. The molecule has 62 valence electrons. The fourth-order valence-electron chi connectivity index (χ4n) is 2.37. The van der Waals surface area contributed by atoms with Crippen molar-refractivity contribution in [2.24, 2.45) is 11.8 Å². The minimum absolute atomic E-state index is 0.274. The quantitative estimate of drug-likeness (QED) is 0.617. The molecule has 0 aromatic heterocycles. The molecule has 2 aliphatic carbocycles. The summed E-state index contributed by atoms with van der Waals surface area (Å²) in [6, 6.07) is 0. The molecule has 2 atom stereocenters. The van der Waals surface area contributed by atoms with Crippen molar-refractivity contribution >= 4 is 17.6 Å². The first kappa shape index (κ1) is 7.41. The Balaban J connectivity index is 2.14. The lowest BCUT2D eigenvalue weighted by molar-refractivity contribution is -0.138. The van der Waals surface area contributed by atoms with E-state index in [9.17, 15) is 4.79 Å². The van der Waals surface area contributed by atoms with E-state index in [-0.39, 0.29) is 11.8 Å². The smallest absolute Gasteiger partial charge is 0.325 e. The second-order valence-electron chi connectivity index (χ2n) is 3.57. The van der Waals surface area contributed by atoms with Gasteiger partial charge in [0.05, 0.1) is 0 Å². The van der Waals surface area contributed by atoms with Crippen LogP contribution in [-0.4, -0.2) is 16.0 Å². The monoisotopic (exact) mass is 174 g/mol. The second kappa shape index (κ2) is 2.13. The van der Waals surface area contributed by atoms with Crippen molar-refractivity contribution in [2.75, 3.05) is 0 Å². The normalized spacial score (nSPS) is 48.1. The van der Waals surface area contributed by atoms with Crippen molar-refractivity contribution in [3.8, 4) is 0 Å². The molecular formula is C8H11ClO2. The van der Waals surface area contributed by atoms with Gasteiger partial charge in [-0.1, -0.05) is 12.8 Å². The minimum Gasteiger partial charge on any atom is -0.480 e. The lowest BCUT2D eigenvalue weighted by Crippen LogP contribution is -2.18. The van der Waals surface area contributed by atoms with E-state index in [4.69, 9.17) is 16.7 Å². The van der Waals surface area contributed by atoms with Crippen LogP contribution in [0.1, 0.15) is 25.7 Å². The number of halogens is 1. The summed E-state index contributed by atoms with van der Waals surface area (Å²) in [6.07, 6.45) is 4.34. The number of hydrogen-bond donors (Lipinski definition) is 1. The third-order valence-electron chi connectivity index (χ3n) is 3.06. The highest BCUT2D eigenvalue weighted by Crippen LogP contribution is 2.62. The fourth-order valence-corrected chi connectivity index (χ4v) is 2.83. The highest BCUT2D eigenvalue weighted by Gasteiger charge is 2.68. The maximum Gasteiger partial charge on any atom is 0.325 e. The molecule has 0 spiro atoms. The Kier molecular flexibility index (Phi) is 1.43. The molecule has 2 aliphatic rings. The van der Waals surface area contributed by atoms with Gasteiger partial charge in [0.1, 0.15) is 4.87 Å². The van der Waals surface area contributed by atoms with Crippen LogP contribution in [0.25, 0.3) is 0 Å². The maximum atomic E-state index is 10.7. The van der Waals surface area contributed by atoms with Crippen molar-refractivity contribution in [1.29, 1.82) is 0 Å². The zero-order chi connectivity index (χ0) is 8.06. The van der Waals surface area contributed by atoms with Gasteiger partial charge >= 0.3 is 5.97 Å². The Bertz CT molecular complexity index is 190. The number of carboxylic acids is 1. The van der Waals surface area contributed by atoms with E-state index in [0.29, 0.717) is 0 Å². The maximum absolute atomic E-state index is 10.7. The van der Waals surface area contributed by atoms with E-state index in [2.05, 4.69) is 0 Å². The molecule has 0 heterocycles. The van der Waals surface area contributed by atoms with Crippen molar-refractivity contribution in [1.82, 2.24) is 0 Å². The van der Waals surface area contributed by atoms with Gasteiger partial charge in [0.15, 0.2) is 0 Å². The van der Waals surface area contributed by atoms with Crippen molar-refractivity contribution in [2.45, 2.75) is 30.6 Å². The van der Waals surface area contributed by atoms with E-state index < -0.39 is 10.8 Å².